The van der Waals surface area contributed by atoms with Gasteiger partial charge in [0, 0.05) is 17.0 Å². The van der Waals surface area contributed by atoms with Crippen LogP contribution in [0.2, 0.25) is 0 Å². The van der Waals surface area contributed by atoms with Crippen LogP contribution in [-0.4, -0.2) is 17.0 Å². The standard InChI is InChI=1S/C15H19NO/c1-11-15(9-6-12(17)7-10-15)13-5-3-4-8-14(13,2)16-11/h6-7,9-10,13H,3-5,8H2,1-2H3/t13-,14+/m0/s1. The fourth-order valence-corrected chi connectivity index (χ4v) is 3.96. The highest BCUT2D eigenvalue weighted by Gasteiger charge is 2.54. The lowest BCUT2D eigenvalue weighted by Crippen LogP contribution is -2.42. The lowest BCUT2D eigenvalue weighted by molar-refractivity contribution is -0.110. The van der Waals surface area contributed by atoms with E-state index >= 15 is 0 Å². The quantitative estimate of drug-likeness (QED) is 0.627. The Kier molecular flexibility index (Phi) is 2.19. The molecule has 0 aromatic heterocycles. The van der Waals surface area contributed by atoms with Gasteiger partial charge in [-0.3, -0.25) is 9.79 Å². The number of ketones is 1. The Morgan fingerprint density at radius 3 is 2.71 bits per heavy atom. The number of rotatable bonds is 0. The Hall–Kier alpha value is -1.18. The topological polar surface area (TPSA) is 29.4 Å². The van der Waals surface area contributed by atoms with E-state index in [2.05, 4.69) is 26.0 Å². The average molecular weight is 229 g/mol. The number of allylic oxidation sites excluding steroid dienone is 4. The molecular weight excluding hydrogens is 210 g/mol. The molecule has 0 aromatic carbocycles. The summed E-state index contributed by atoms with van der Waals surface area (Å²) in [5, 5.41) is 0. The van der Waals surface area contributed by atoms with Gasteiger partial charge in [0.25, 0.3) is 0 Å². The van der Waals surface area contributed by atoms with Crippen LogP contribution in [0.1, 0.15) is 39.5 Å². The second-order valence-corrected chi connectivity index (χ2v) is 5.85. The average Bonchev–Trinajstić information content (AvgIpc) is 2.51. The van der Waals surface area contributed by atoms with Crippen LogP contribution in [0.5, 0.6) is 0 Å². The number of fused-ring (bicyclic) bond motifs is 2. The molecule has 0 unspecified atom stereocenters. The summed E-state index contributed by atoms with van der Waals surface area (Å²) in [6, 6.07) is 0. The molecule has 2 nitrogen and oxygen atoms in total. The van der Waals surface area contributed by atoms with Crippen LogP contribution in [0.3, 0.4) is 0 Å². The van der Waals surface area contributed by atoms with Gasteiger partial charge in [-0.1, -0.05) is 25.0 Å². The summed E-state index contributed by atoms with van der Waals surface area (Å²) in [4.78, 5) is 16.3. The van der Waals surface area contributed by atoms with E-state index in [9.17, 15) is 4.79 Å². The number of nitrogens with zero attached hydrogens (tertiary/aromatic N) is 1. The van der Waals surface area contributed by atoms with Gasteiger partial charge in [-0.2, -0.15) is 0 Å². The predicted molar refractivity (Wildman–Crippen MR) is 69.2 cm³/mol. The largest absolute Gasteiger partial charge is 0.290 e. The summed E-state index contributed by atoms with van der Waals surface area (Å²) in [6.45, 7) is 4.40. The van der Waals surface area contributed by atoms with Crippen molar-refractivity contribution in [1.29, 1.82) is 0 Å². The van der Waals surface area contributed by atoms with E-state index in [1.165, 1.54) is 31.4 Å². The summed E-state index contributed by atoms with van der Waals surface area (Å²) < 4.78 is 0. The highest BCUT2D eigenvalue weighted by Crippen LogP contribution is 2.54. The number of carbonyl (C=O) groups is 1. The summed E-state index contributed by atoms with van der Waals surface area (Å²) >= 11 is 0. The van der Waals surface area contributed by atoms with E-state index in [1.807, 2.05) is 0 Å². The van der Waals surface area contributed by atoms with E-state index in [0.29, 0.717) is 5.92 Å². The second-order valence-electron chi connectivity index (χ2n) is 5.85. The molecule has 3 rings (SSSR count). The van der Waals surface area contributed by atoms with E-state index in [-0.39, 0.29) is 16.7 Å². The zero-order valence-electron chi connectivity index (χ0n) is 10.6. The predicted octanol–water partition coefficient (Wildman–Crippen LogP) is 3.09. The number of carbonyl (C=O) groups excluding carboxylic acids is 1. The molecule has 2 heteroatoms. The van der Waals surface area contributed by atoms with Crippen molar-refractivity contribution in [1.82, 2.24) is 0 Å². The molecule has 2 aliphatic carbocycles. The van der Waals surface area contributed by atoms with Crippen molar-refractivity contribution in [2.75, 3.05) is 0 Å². The van der Waals surface area contributed by atoms with Gasteiger partial charge < -0.3 is 0 Å². The van der Waals surface area contributed by atoms with Crippen molar-refractivity contribution in [3.05, 3.63) is 24.3 Å². The first kappa shape index (κ1) is 10.9. The van der Waals surface area contributed by atoms with E-state index < -0.39 is 0 Å². The lowest BCUT2D eigenvalue weighted by Gasteiger charge is -2.41. The summed E-state index contributed by atoms with van der Waals surface area (Å²) in [7, 11) is 0. The Morgan fingerprint density at radius 1 is 1.29 bits per heavy atom. The van der Waals surface area contributed by atoms with Crippen molar-refractivity contribution in [3.63, 3.8) is 0 Å². The SMILES string of the molecule is CC1=N[C@]2(C)CCCC[C@@H]2C12C=CC(=O)C=C2. The Balaban J connectivity index is 2.07. The molecule has 3 aliphatic rings. The Morgan fingerprint density at radius 2 is 2.00 bits per heavy atom. The van der Waals surface area contributed by atoms with Gasteiger partial charge in [-0.15, -0.1) is 0 Å². The molecule has 2 atom stereocenters. The van der Waals surface area contributed by atoms with Gasteiger partial charge >= 0.3 is 0 Å². The number of hydrogen-bond donors (Lipinski definition) is 0. The maximum atomic E-state index is 11.3. The molecule has 17 heavy (non-hydrogen) atoms. The second kappa shape index (κ2) is 3.41. The first-order chi connectivity index (χ1) is 8.07. The minimum absolute atomic E-state index is 0.0664. The van der Waals surface area contributed by atoms with Crippen LogP contribution in [-0.2, 0) is 4.79 Å². The van der Waals surface area contributed by atoms with Gasteiger partial charge in [-0.25, -0.2) is 0 Å². The molecule has 0 radical (unpaired) electrons. The molecular formula is C15H19NO. The highest BCUT2D eigenvalue weighted by atomic mass is 16.1. The first-order valence-electron chi connectivity index (χ1n) is 6.56. The molecule has 0 N–H and O–H groups in total. The van der Waals surface area contributed by atoms with Crippen molar-refractivity contribution >= 4 is 11.5 Å². The minimum Gasteiger partial charge on any atom is -0.290 e. The van der Waals surface area contributed by atoms with Crippen molar-refractivity contribution in [2.45, 2.75) is 45.1 Å². The monoisotopic (exact) mass is 229 g/mol. The van der Waals surface area contributed by atoms with Crippen LogP contribution < -0.4 is 0 Å². The third kappa shape index (κ3) is 1.39. The normalized spacial score (nSPS) is 38.4. The van der Waals surface area contributed by atoms with Crippen LogP contribution in [0.4, 0.5) is 0 Å². The van der Waals surface area contributed by atoms with Gasteiger partial charge in [0.15, 0.2) is 5.78 Å². The fourth-order valence-electron chi connectivity index (χ4n) is 3.96. The Labute approximate surface area is 103 Å². The summed E-state index contributed by atoms with van der Waals surface area (Å²) in [5.41, 5.74) is 1.22. The van der Waals surface area contributed by atoms with Crippen molar-refractivity contribution < 1.29 is 4.79 Å². The zero-order valence-corrected chi connectivity index (χ0v) is 10.6. The van der Waals surface area contributed by atoms with Crippen molar-refractivity contribution in [3.8, 4) is 0 Å². The van der Waals surface area contributed by atoms with Gasteiger partial charge in [-0.05, 0) is 38.8 Å². The van der Waals surface area contributed by atoms with E-state index in [4.69, 9.17) is 4.99 Å². The van der Waals surface area contributed by atoms with Crippen LogP contribution in [0.15, 0.2) is 29.3 Å². The highest BCUT2D eigenvalue weighted by molar-refractivity contribution is 6.05. The maximum Gasteiger partial charge on any atom is 0.178 e. The molecule has 1 heterocycles. The van der Waals surface area contributed by atoms with Gasteiger partial charge in [0.2, 0.25) is 0 Å². The summed E-state index contributed by atoms with van der Waals surface area (Å²) in [6.07, 6.45) is 12.6. The van der Waals surface area contributed by atoms with Crippen LogP contribution in [0, 0.1) is 11.3 Å². The molecule has 1 aliphatic heterocycles. The molecule has 0 aromatic rings. The molecule has 0 bridgehead atoms. The third-order valence-corrected chi connectivity index (χ3v) is 4.85. The van der Waals surface area contributed by atoms with Crippen LogP contribution >= 0.6 is 0 Å². The van der Waals surface area contributed by atoms with Gasteiger partial charge in [0.05, 0.1) is 5.54 Å². The van der Waals surface area contributed by atoms with Crippen LogP contribution in [0.25, 0.3) is 0 Å². The molecule has 0 saturated heterocycles. The fraction of sp³-hybridized carbons (Fsp3) is 0.600. The molecule has 1 spiro atoms. The number of hydrogen-bond acceptors (Lipinski definition) is 2. The molecule has 0 amide bonds. The minimum atomic E-state index is -0.0664. The molecule has 1 fully saturated rings. The Bertz CT molecular complexity index is 442. The zero-order chi connectivity index (χ0) is 12.1. The van der Waals surface area contributed by atoms with E-state index in [0.717, 1.165) is 0 Å². The third-order valence-electron chi connectivity index (χ3n) is 4.85. The maximum absolute atomic E-state index is 11.3. The first-order valence-corrected chi connectivity index (χ1v) is 6.56. The van der Waals surface area contributed by atoms with E-state index in [1.54, 1.807) is 12.2 Å². The van der Waals surface area contributed by atoms with Crippen molar-refractivity contribution in [2.24, 2.45) is 16.3 Å². The summed E-state index contributed by atoms with van der Waals surface area (Å²) in [5.74, 6) is 0.650. The molecule has 90 valence electrons. The lowest BCUT2D eigenvalue weighted by atomic mass is 9.61. The smallest absolute Gasteiger partial charge is 0.178 e. The number of aliphatic imine (C=N–C) groups is 1. The molecule has 1 saturated carbocycles. The van der Waals surface area contributed by atoms with Gasteiger partial charge in [0.1, 0.15) is 0 Å².